The first-order valence-corrected chi connectivity index (χ1v) is 11.8. The first kappa shape index (κ1) is 23.0. The van der Waals surface area contributed by atoms with Crippen molar-refractivity contribution in [2.45, 2.75) is 51.0 Å². The second-order valence-corrected chi connectivity index (χ2v) is 9.09. The molecule has 4 rings (SSSR count). The van der Waals surface area contributed by atoms with Crippen LogP contribution in [0, 0.1) is 11.8 Å². The fourth-order valence-corrected chi connectivity index (χ4v) is 4.70. The van der Waals surface area contributed by atoms with E-state index in [1.807, 2.05) is 29.2 Å². The van der Waals surface area contributed by atoms with E-state index in [9.17, 15) is 14.4 Å². The van der Waals surface area contributed by atoms with Crippen LogP contribution in [0.4, 0.5) is 5.69 Å². The minimum atomic E-state index is -0.414. The number of carbonyl (C=O) groups excluding carboxylic acids is 3. The smallest absolute Gasteiger partial charge is 0.330 e. The Bertz CT molecular complexity index is 1020. The predicted molar refractivity (Wildman–Crippen MR) is 129 cm³/mol. The Morgan fingerprint density at radius 1 is 1.06 bits per heavy atom. The van der Waals surface area contributed by atoms with Crippen molar-refractivity contribution >= 4 is 29.9 Å². The molecule has 0 bridgehead atoms. The van der Waals surface area contributed by atoms with Gasteiger partial charge in [0.05, 0.1) is 13.7 Å². The van der Waals surface area contributed by atoms with E-state index < -0.39 is 5.97 Å². The summed E-state index contributed by atoms with van der Waals surface area (Å²) < 4.78 is 4.68. The van der Waals surface area contributed by atoms with Gasteiger partial charge in [0.15, 0.2) is 0 Å². The van der Waals surface area contributed by atoms with Gasteiger partial charge in [-0.15, -0.1) is 0 Å². The van der Waals surface area contributed by atoms with Gasteiger partial charge in [0, 0.05) is 23.6 Å². The van der Waals surface area contributed by atoms with Gasteiger partial charge in [-0.2, -0.15) is 0 Å². The molecule has 33 heavy (non-hydrogen) atoms. The molecule has 2 aliphatic carbocycles. The van der Waals surface area contributed by atoms with Crippen molar-refractivity contribution < 1.29 is 19.1 Å². The summed E-state index contributed by atoms with van der Waals surface area (Å²) in [5, 5.41) is 0. The maximum Gasteiger partial charge on any atom is 0.330 e. The Labute approximate surface area is 195 Å². The molecule has 2 saturated carbocycles. The molecule has 0 aliphatic heterocycles. The van der Waals surface area contributed by atoms with E-state index in [4.69, 9.17) is 0 Å². The van der Waals surface area contributed by atoms with Crippen LogP contribution in [0.25, 0.3) is 6.08 Å². The normalized spacial score (nSPS) is 20.4. The van der Waals surface area contributed by atoms with Gasteiger partial charge in [0.25, 0.3) is 0 Å². The number of nitrogens with zero attached hydrogens (tertiary/aromatic N) is 1. The second kappa shape index (κ2) is 10.6. The highest BCUT2D eigenvalue weighted by atomic mass is 16.5. The first-order chi connectivity index (χ1) is 16.1. The van der Waals surface area contributed by atoms with Gasteiger partial charge in [0.2, 0.25) is 5.91 Å². The van der Waals surface area contributed by atoms with Crippen molar-refractivity contribution in [1.29, 1.82) is 0 Å². The van der Waals surface area contributed by atoms with Crippen LogP contribution in [0.15, 0.2) is 54.6 Å². The van der Waals surface area contributed by atoms with E-state index in [-0.39, 0.29) is 17.7 Å². The van der Waals surface area contributed by atoms with Crippen molar-refractivity contribution in [2.24, 2.45) is 11.8 Å². The van der Waals surface area contributed by atoms with Crippen LogP contribution < -0.4 is 4.90 Å². The number of ether oxygens (including phenoxy) is 1. The SMILES string of the molecule is COC(=O)/C=C/c1cccc(N(Cc2ccc(C3CC3C=O)cc2)C(=O)C2CCCCC2)c1. The zero-order valence-corrected chi connectivity index (χ0v) is 19.1. The standard InChI is InChI=1S/C28H31NO4/c1-33-27(31)15-12-20-6-5-9-25(16-20)29(28(32)23-7-3-2-4-8-23)18-21-10-13-22(14-11-21)26-17-24(26)19-30/h5-6,9-16,19,23-24,26H,2-4,7-8,17-18H2,1H3/b15-12+. The highest BCUT2D eigenvalue weighted by Gasteiger charge is 2.37. The minimum absolute atomic E-state index is 0.0482. The van der Waals surface area contributed by atoms with E-state index in [1.165, 1.54) is 25.2 Å². The fraction of sp³-hybridized carbons (Fsp3) is 0.393. The Morgan fingerprint density at radius 2 is 1.82 bits per heavy atom. The maximum absolute atomic E-state index is 13.6. The molecule has 2 unspecified atom stereocenters. The zero-order valence-electron chi connectivity index (χ0n) is 19.1. The number of amides is 1. The number of hydrogen-bond donors (Lipinski definition) is 0. The lowest BCUT2D eigenvalue weighted by Crippen LogP contribution is -2.36. The molecule has 172 valence electrons. The van der Waals surface area contributed by atoms with E-state index in [0.29, 0.717) is 12.5 Å². The first-order valence-electron chi connectivity index (χ1n) is 11.8. The van der Waals surface area contributed by atoms with E-state index in [2.05, 4.69) is 29.0 Å². The quantitative estimate of drug-likeness (QED) is 0.315. The molecule has 2 aromatic carbocycles. The lowest BCUT2D eigenvalue weighted by Gasteiger charge is -2.30. The molecule has 0 N–H and O–H groups in total. The topological polar surface area (TPSA) is 63.7 Å². The largest absolute Gasteiger partial charge is 0.466 e. The molecule has 1 amide bonds. The Kier molecular flexibility index (Phi) is 7.38. The minimum Gasteiger partial charge on any atom is -0.466 e. The number of hydrogen-bond acceptors (Lipinski definition) is 4. The average Bonchev–Trinajstić information content (AvgIpc) is 3.66. The van der Waals surface area contributed by atoms with E-state index in [0.717, 1.165) is 55.2 Å². The van der Waals surface area contributed by atoms with Crippen LogP contribution in [-0.4, -0.2) is 25.3 Å². The third-order valence-corrected chi connectivity index (χ3v) is 6.78. The summed E-state index contributed by atoms with van der Waals surface area (Å²) in [7, 11) is 1.35. The highest BCUT2D eigenvalue weighted by molar-refractivity contribution is 5.95. The third kappa shape index (κ3) is 5.78. The summed E-state index contributed by atoms with van der Waals surface area (Å²) in [5.41, 5.74) is 3.91. The van der Waals surface area contributed by atoms with Gasteiger partial charge in [-0.3, -0.25) is 4.79 Å². The monoisotopic (exact) mass is 445 g/mol. The van der Waals surface area contributed by atoms with Crippen molar-refractivity contribution in [3.05, 3.63) is 71.3 Å². The van der Waals surface area contributed by atoms with E-state index in [1.54, 1.807) is 6.08 Å². The molecule has 2 fully saturated rings. The summed E-state index contributed by atoms with van der Waals surface area (Å²) in [6.07, 6.45) is 10.3. The van der Waals surface area contributed by atoms with Crippen molar-refractivity contribution in [3.63, 3.8) is 0 Å². The number of methoxy groups -OCH3 is 1. The van der Waals surface area contributed by atoms with Crippen LogP contribution >= 0.6 is 0 Å². The Hall–Kier alpha value is -3.21. The molecule has 0 radical (unpaired) electrons. The molecule has 2 atom stereocenters. The van der Waals surface area contributed by atoms with Crippen LogP contribution in [0.3, 0.4) is 0 Å². The molecule has 2 aliphatic rings. The van der Waals surface area contributed by atoms with Gasteiger partial charge in [0.1, 0.15) is 6.29 Å². The van der Waals surface area contributed by atoms with Gasteiger partial charge in [-0.05, 0) is 60.1 Å². The van der Waals surface area contributed by atoms with Gasteiger partial charge < -0.3 is 14.4 Å². The average molecular weight is 446 g/mol. The van der Waals surface area contributed by atoms with Crippen LogP contribution in [-0.2, 0) is 25.7 Å². The Balaban J connectivity index is 1.57. The van der Waals surface area contributed by atoms with Crippen LogP contribution in [0.2, 0.25) is 0 Å². The van der Waals surface area contributed by atoms with Crippen molar-refractivity contribution in [1.82, 2.24) is 0 Å². The predicted octanol–water partition coefficient (Wildman–Crippen LogP) is 5.29. The number of carbonyl (C=O) groups is 3. The molecule has 0 spiro atoms. The van der Waals surface area contributed by atoms with Gasteiger partial charge >= 0.3 is 5.97 Å². The van der Waals surface area contributed by atoms with Crippen LogP contribution in [0.5, 0.6) is 0 Å². The van der Waals surface area contributed by atoms with Crippen molar-refractivity contribution in [2.75, 3.05) is 12.0 Å². The maximum atomic E-state index is 13.6. The summed E-state index contributed by atoms with van der Waals surface area (Å²) in [4.78, 5) is 38.0. The second-order valence-electron chi connectivity index (χ2n) is 9.09. The lowest BCUT2D eigenvalue weighted by molar-refractivity contribution is -0.134. The third-order valence-electron chi connectivity index (χ3n) is 6.78. The fourth-order valence-electron chi connectivity index (χ4n) is 4.70. The molecule has 0 heterocycles. The lowest BCUT2D eigenvalue weighted by atomic mass is 9.88. The number of esters is 1. The summed E-state index contributed by atoms with van der Waals surface area (Å²) in [5.74, 6) is 0.294. The van der Waals surface area contributed by atoms with E-state index >= 15 is 0 Å². The molecular formula is C28H31NO4. The van der Waals surface area contributed by atoms with Gasteiger partial charge in [-0.1, -0.05) is 55.7 Å². The summed E-state index contributed by atoms with van der Waals surface area (Å²) in [6, 6.07) is 16.0. The summed E-state index contributed by atoms with van der Waals surface area (Å²) >= 11 is 0. The number of aldehydes is 1. The van der Waals surface area contributed by atoms with Crippen LogP contribution in [0.1, 0.15) is 61.1 Å². The molecular weight excluding hydrogens is 414 g/mol. The molecule has 2 aromatic rings. The van der Waals surface area contributed by atoms with Gasteiger partial charge in [-0.25, -0.2) is 4.79 Å². The molecule has 0 aromatic heterocycles. The van der Waals surface area contributed by atoms with Crippen molar-refractivity contribution in [3.8, 4) is 0 Å². The number of anilines is 1. The molecule has 5 heteroatoms. The highest BCUT2D eigenvalue weighted by Crippen LogP contribution is 2.45. The molecule has 5 nitrogen and oxygen atoms in total. The molecule has 0 saturated heterocycles. The zero-order chi connectivity index (χ0) is 23.2. The Morgan fingerprint density at radius 3 is 2.48 bits per heavy atom. The summed E-state index contributed by atoms with van der Waals surface area (Å²) in [6.45, 7) is 0.488. The number of rotatable bonds is 8. The number of benzene rings is 2.